The van der Waals surface area contributed by atoms with Crippen molar-refractivity contribution in [3.63, 3.8) is 0 Å². The first kappa shape index (κ1) is 16.1. The van der Waals surface area contributed by atoms with Gasteiger partial charge < -0.3 is 10.6 Å². The molecule has 0 saturated carbocycles. The van der Waals surface area contributed by atoms with Crippen LogP contribution in [0.5, 0.6) is 0 Å². The van der Waals surface area contributed by atoms with E-state index in [-0.39, 0.29) is 30.7 Å². The zero-order valence-corrected chi connectivity index (χ0v) is 13.5. The van der Waals surface area contributed by atoms with Crippen LogP contribution in [-0.4, -0.2) is 32.2 Å². The normalized spacial score (nSPS) is 12.0. The number of aromatic nitrogens is 4. The first-order chi connectivity index (χ1) is 10.5. The molecular formula is C13H18N6O2S. The maximum Gasteiger partial charge on any atom is 0.226 e. The van der Waals surface area contributed by atoms with Crippen molar-refractivity contribution in [1.82, 2.24) is 25.7 Å². The van der Waals surface area contributed by atoms with E-state index < -0.39 is 0 Å². The molecule has 0 spiro atoms. The Balaban J connectivity index is 1.79. The zero-order valence-electron chi connectivity index (χ0n) is 12.6. The summed E-state index contributed by atoms with van der Waals surface area (Å²) in [5.41, 5.74) is 4.30. The van der Waals surface area contributed by atoms with Crippen LogP contribution in [0.3, 0.4) is 0 Å². The van der Waals surface area contributed by atoms with Gasteiger partial charge in [-0.1, -0.05) is 11.3 Å². The maximum atomic E-state index is 11.9. The number of carbonyl (C=O) groups is 2. The van der Waals surface area contributed by atoms with E-state index in [1.165, 1.54) is 16.8 Å². The van der Waals surface area contributed by atoms with Gasteiger partial charge in [0.2, 0.25) is 16.9 Å². The number of H-pyrrole nitrogens is 1. The van der Waals surface area contributed by atoms with Crippen LogP contribution in [0.4, 0.5) is 5.13 Å². The van der Waals surface area contributed by atoms with Crippen LogP contribution in [0.2, 0.25) is 0 Å². The molecule has 0 saturated heterocycles. The summed E-state index contributed by atoms with van der Waals surface area (Å²) in [5, 5.41) is 20.2. The maximum absolute atomic E-state index is 11.9. The Bertz CT molecular complexity index is 632. The van der Waals surface area contributed by atoms with Gasteiger partial charge in [0.1, 0.15) is 5.51 Å². The summed E-state index contributed by atoms with van der Waals surface area (Å²) in [7, 11) is 0. The van der Waals surface area contributed by atoms with Gasteiger partial charge in [0, 0.05) is 24.1 Å². The number of amides is 2. The minimum absolute atomic E-state index is 0.0987. The van der Waals surface area contributed by atoms with Crippen molar-refractivity contribution in [1.29, 1.82) is 0 Å². The summed E-state index contributed by atoms with van der Waals surface area (Å²) >= 11 is 1.23. The fraction of sp³-hybridized carbons (Fsp3) is 0.462. The van der Waals surface area contributed by atoms with Crippen LogP contribution in [0.25, 0.3) is 0 Å². The van der Waals surface area contributed by atoms with Crippen molar-refractivity contribution in [2.75, 3.05) is 5.32 Å². The molecule has 0 aromatic carbocycles. The highest BCUT2D eigenvalue weighted by atomic mass is 32.1. The van der Waals surface area contributed by atoms with Crippen LogP contribution < -0.4 is 10.6 Å². The molecule has 2 aromatic rings. The number of carbonyl (C=O) groups excluding carboxylic acids is 2. The monoisotopic (exact) mass is 322 g/mol. The van der Waals surface area contributed by atoms with Gasteiger partial charge in [-0.2, -0.15) is 5.10 Å². The van der Waals surface area contributed by atoms with E-state index in [1.807, 2.05) is 20.8 Å². The Kier molecular flexibility index (Phi) is 5.21. The Morgan fingerprint density at radius 1 is 1.32 bits per heavy atom. The van der Waals surface area contributed by atoms with Gasteiger partial charge in [-0.3, -0.25) is 14.7 Å². The average Bonchev–Trinajstić information content (AvgIpc) is 3.06. The van der Waals surface area contributed by atoms with Gasteiger partial charge >= 0.3 is 0 Å². The number of hydrogen-bond donors (Lipinski definition) is 3. The van der Waals surface area contributed by atoms with Crippen molar-refractivity contribution in [3.05, 3.63) is 22.5 Å². The minimum Gasteiger partial charge on any atom is -0.349 e. The quantitative estimate of drug-likeness (QED) is 0.745. The number of nitrogens with zero attached hydrogens (tertiary/aromatic N) is 3. The molecule has 0 aliphatic carbocycles. The van der Waals surface area contributed by atoms with Crippen LogP contribution in [0, 0.1) is 13.8 Å². The van der Waals surface area contributed by atoms with Gasteiger partial charge in [0.15, 0.2) is 0 Å². The highest BCUT2D eigenvalue weighted by molar-refractivity contribution is 7.13. The fourth-order valence-corrected chi connectivity index (χ4v) is 2.68. The molecule has 2 heterocycles. The van der Waals surface area contributed by atoms with Gasteiger partial charge in [-0.05, 0) is 20.8 Å². The lowest BCUT2D eigenvalue weighted by atomic mass is 10.1. The average molecular weight is 322 g/mol. The second kappa shape index (κ2) is 7.12. The molecule has 2 amide bonds. The van der Waals surface area contributed by atoms with Crippen LogP contribution >= 0.6 is 11.3 Å². The third-order valence-corrected chi connectivity index (χ3v) is 3.79. The SMILES string of the molecule is Cc1n[nH]c(C)c1C(C)NC(=O)CCC(=O)Nc1nncs1. The molecule has 22 heavy (non-hydrogen) atoms. The standard InChI is InChI=1S/C13H18N6O2S/c1-7(12-8(2)17-18-9(12)3)15-10(20)4-5-11(21)16-13-19-14-6-22-13/h6-7H,4-5H2,1-3H3,(H,15,20)(H,17,18)(H,16,19,21). The third kappa shape index (κ3) is 4.10. The van der Waals surface area contributed by atoms with Crippen LogP contribution in [0.1, 0.15) is 42.8 Å². The Labute approximate surface area is 131 Å². The van der Waals surface area contributed by atoms with Gasteiger partial charge in [0.25, 0.3) is 0 Å². The fourth-order valence-electron chi connectivity index (χ4n) is 2.22. The lowest BCUT2D eigenvalue weighted by Gasteiger charge is -2.14. The summed E-state index contributed by atoms with van der Waals surface area (Å²) in [6.45, 7) is 5.69. The number of hydrogen-bond acceptors (Lipinski definition) is 6. The summed E-state index contributed by atoms with van der Waals surface area (Å²) in [6.07, 6.45) is 0.215. The van der Waals surface area contributed by atoms with Crippen molar-refractivity contribution in [3.8, 4) is 0 Å². The van der Waals surface area contributed by atoms with E-state index in [0.29, 0.717) is 5.13 Å². The molecule has 0 radical (unpaired) electrons. The minimum atomic E-state index is -0.254. The van der Waals surface area contributed by atoms with E-state index in [2.05, 4.69) is 31.0 Å². The van der Waals surface area contributed by atoms with Gasteiger partial charge in [0.05, 0.1) is 11.7 Å². The lowest BCUT2D eigenvalue weighted by Crippen LogP contribution is -2.28. The molecule has 1 unspecified atom stereocenters. The van der Waals surface area contributed by atoms with E-state index in [4.69, 9.17) is 0 Å². The zero-order chi connectivity index (χ0) is 16.1. The van der Waals surface area contributed by atoms with Crippen LogP contribution in [-0.2, 0) is 9.59 Å². The van der Waals surface area contributed by atoms with Gasteiger partial charge in [-0.25, -0.2) is 0 Å². The highest BCUT2D eigenvalue weighted by Gasteiger charge is 2.17. The van der Waals surface area contributed by atoms with E-state index in [0.717, 1.165) is 17.0 Å². The number of nitrogens with one attached hydrogen (secondary N) is 3. The second-order valence-electron chi connectivity index (χ2n) is 4.93. The topological polar surface area (TPSA) is 113 Å². The number of anilines is 1. The largest absolute Gasteiger partial charge is 0.349 e. The van der Waals surface area contributed by atoms with Crippen molar-refractivity contribution >= 4 is 28.3 Å². The highest BCUT2D eigenvalue weighted by Crippen LogP contribution is 2.19. The summed E-state index contributed by atoms with van der Waals surface area (Å²) in [6, 6.07) is -0.155. The Morgan fingerprint density at radius 2 is 2.05 bits per heavy atom. The van der Waals surface area contributed by atoms with Crippen LogP contribution in [0.15, 0.2) is 5.51 Å². The molecule has 1 atom stereocenters. The molecule has 0 fully saturated rings. The molecule has 2 aromatic heterocycles. The van der Waals surface area contributed by atoms with Crippen molar-refractivity contribution in [2.45, 2.75) is 39.7 Å². The Morgan fingerprint density at radius 3 is 2.64 bits per heavy atom. The first-order valence-electron chi connectivity index (χ1n) is 6.84. The summed E-state index contributed by atoms with van der Waals surface area (Å²) in [4.78, 5) is 23.6. The van der Waals surface area contributed by atoms with E-state index in [9.17, 15) is 9.59 Å². The molecule has 0 bridgehead atoms. The summed E-state index contributed by atoms with van der Waals surface area (Å²) < 4.78 is 0. The molecule has 0 aliphatic heterocycles. The lowest BCUT2D eigenvalue weighted by molar-refractivity contribution is -0.124. The number of rotatable bonds is 6. The van der Waals surface area contributed by atoms with Crippen molar-refractivity contribution in [2.24, 2.45) is 0 Å². The predicted molar refractivity (Wildman–Crippen MR) is 82.4 cm³/mol. The molecule has 2 rings (SSSR count). The molecule has 8 nitrogen and oxygen atoms in total. The predicted octanol–water partition coefficient (Wildman–Crippen LogP) is 1.47. The number of aryl methyl sites for hydroxylation is 2. The molecule has 118 valence electrons. The summed E-state index contributed by atoms with van der Waals surface area (Å²) in [5.74, 6) is -0.435. The third-order valence-electron chi connectivity index (χ3n) is 3.18. The van der Waals surface area contributed by atoms with Crippen molar-refractivity contribution < 1.29 is 9.59 Å². The first-order valence-corrected chi connectivity index (χ1v) is 7.72. The van der Waals surface area contributed by atoms with E-state index in [1.54, 1.807) is 0 Å². The molecule has 0 aliphatic rings. The Hall–Kier alpha value is -2.29. The smallest absolute Gasteiger partial charge is 0.226 e. The second-order valence-corrected chi connectivity index (χ2v) is 5.76. The van der Waals surface area contributed by atoms with E-state index >= 15 is 0 Å². The molecule has 9 heteroatoms. The van der Waals surface area contributed by atoms with Gasteiger partial charge in [-0.15, -0.1) is 10.2 Å². The molecular weight excluding hydrogens is 304 g/mol. The number of aromatic amines is 1. The molecule has 3 N–H and O–H groups in total.